The highest BCUT2D eigenvalue weighted by Gasteiger charge is 2.10. The van der Waals surface area contributed by atoms with Gasteiger partial charge in [-0.3, -0.25) is 4.79 Å². The lowest BCUT2D eigenvalue weighted by molar-refractivity contribution is -0.113. The van der Waals surface area contributed by atoms with Crippen LogP contribution in [0.1, 0.15) is 12.8 Å². The molecule has 1 aromatic heterocycles. The molecule has 0 N–H and O–H groups in total. The molecule has 5 nitrogen and oxygen atoms in total. The summed E-state index contributed by atoms with van der Waals surface area (Å²) in [6.07, 6.45) is 1.29. The van der Waals surface area contributed by atoms with E-state index in [1.165, 1.54) is 13.0 Å². The van der Waals surface area contributed by atoms with Crippen LogP contribution in [0.4, 0.5) is 0 Å². The molecule has 5 heteroatoms. The van der Waals surface area contributed by atoms with Gasteiger partial charge in [-0.2, -0.15) is 5.26 Å². The van der Waals surface area contributed by atoms with Gasteiger partial charge >= 0.3 is 0 Å². The maximum atomic E-state index is 11.2. The molecule has 1 heterocycles. The monoisotopic (exact) mass is 315 g/mol. The third-order valence-electron chi connectivity index (χ3n) is 3.45. The van der Waals surface area contributed by atoms with Gasteiger partial charge in [-0.15, -0.1) is 10.2 Å². The van der Waals surface area contributed by atoms with Crippen LogP contribution in [-0.4, -0.2) is 16.0 Å². The molecule has 3 rings (SSSR count). The summed E-state index contributed by atoms with van der Waals surface area (Å²) in [6, 6.07) is 19.6. The van der Waals surface area contributed by atoms with Gasteiger partial charge in [0.25, 0.3) is 0 Å². The Bertz CT molecular complexity index is 933. The van der Waals surface area contributed by atoms with Crippen LogP contribution in [0.2, 0.25) is 0 Å². The highest BCUT2D eigenvalue weighted by molar-refractivity contribution is 6.01. The maximum Gasteiger partial charge on any atom is 0.248 e. The van der Waals surface area contributed by atoms with Gasteiger partial charge in [-0.05, 0) is 30.2 Å². The number of benzene rings is 2. The number of ketones is 1. The normalized spacial score (nSPS) is 11.1. The van der Waals surface area contributed by atoms with Crippen molar-refractivity contribution in [2.24, 2.45) is 0 Å². The van der Waals surface area contributed by atoms with E-state index in [-0.39, 0.29) is 17.2 Å². The average molecular weight is 315 g/mol. The molecule has 0 radical (unpaired) electrons. The number of hydrogen-bond donors (Lipinski definition) is 0. The second-order valence-electron chi connectivity index (χ2n) is 5.11. The molecule has 0 aliphatic carbocycles. The Hall–Kier alpha value is -3.52. The summed E-state index contributed by atoms with van der Waals surface area (Å²) in [6.45, 7) is 1.31. The highest BCUT2D eigenvalue weighted by Crippen LogP contribution is 2.24. The van der Waals surface area contributed by atoms with Crippen LogP contribution in [-0.2, 0) is 4.79 Å². The molecule has 0 saturated carbocycles. The molecular formula is C19H13N3O2. The van der Waals surface area contributed by atoms with E-state index in [2.05, 4.69) is 10.2 Å². The summed E-state index contributed by atoms with van der Waals surface area (Å²) in [5, 5.41) is 16.7. The van der Waals surface area contributed by atoms with Crippen LogP contribution in [0.25, 0.3) is 28.7 Å². The first-order chi connectivity index (χ1) is 11.7. The Kier molecular flexibility index (Phi) is 4.30. The third-order valence-corrected chi connectivity index (χ3v) is 3.45. The molecule has 0 atom stereocenters. The van der Waals surface area contributed by atoms with E-state index in [1.807, 2.05) is 60.7 Å². The predicted octanol–water partition coefficient (Wildman–Crippen LogP) is 3.90. The SMILES string of the molecule is CC(=O)/C(C#N)=C/c1nnc(-c2ccc(-c3ccccc3)cc2)o1. The Morgan fingerprint density at radius 2 is 1.62 bits per heavy atom. The first kappa shape index (κ1) is 15.4. The number of carbonyl (C=O) groups excluding carboxylic acids is 1. The van der Waals surface area contributed by atoms with E-state index in [0.717, 1.165) is 16.7 Å². The van der Waals surface area contributed by atoms with E-state index < -0.39 is 0 Å². The molecule has 0 aliphatic heterocycles. The Morgan fingerprint density at radius 1 is 1.00 bits per heavy atom. The standard InChI is InChI=1S/C19H13N3O2/c1-13(23)17(12-20)11-18-21-22-19(24-18)16-9-7-15(8-10-16)14-5-3-2-4-6-14/h2-11H,1H3/b17-11+. The van der Waals surface area contributed by atoms with Crippen LogP contribution in [0, 0.1) is 11.3 Å². The second-order valence-corrected chi connectivity index (χ2v) is 5.11. The molecule has 2 aromatic carbocycles. The van der Waals surface area contributed by atoms with Gasteiger partial charge in [0.2, 0.25) is 11.8 Å². The quantitative estimate of drug-likeness (QED) is 0.539. The highest BCUT2D eigenvalue weighted by atomic mass is 16.4. The number of aromatic nitrogens is 2. The van der Waals surface area contributed by atoms with E-state index >= 15 is 0 Å². The first-order valence-corrected chi connectivity index (χ1v) is 7.29. The molecule has 0 aliphatic rings. The molecule has 116 valence electrons. The van der Waals surface area contributed by atoms with Crippen molar-refractivity contribution >= 4 is 11.9 Å². The van der Waals surface area contributed by atoms with E-state index in [9.17, 15) is 4.79 Å². The van der Waals surface area contributed by atoms with E-state index in [0.29, 0.717) is 5.89 Å². The Balaban J connectivity index is 1.86. The van der Waals surface area contributed by atoms with Crippen molar-refractivity contribution in [1.29, 1.82) is 5.26 Å². The van der Waals surface area contributed by atoms with E-state index in [1.54, 1.807) is 0 Å². The molecule has 0 fully saturated rings. The zero-order chi connectivity index (χ0) is 16.9. The lowest BCUT2D eigenvalue weighted by atomic mass is 10.0. The van der Waals surface area contributed by atoms with E-state index in [4.69, 9.17) is 9.68 Å². The van der Waals surface area contributed by atoms with Crippen molar-refractivity contribution in [2.75, 3.05) is 0 Å². The van der Waals surface area contributed by atoms with Gasteiger partial charge in [-0.1, -0.05) is 42.5 Å². The topological polar surface area (TPSA) is 79.8 Å². The fourth-order valence-electron chi connectivity index (χ4n) is 2.18. The zero-order valence-electron chi connectivity index (χ0n) is 12.9. The minimum absolute atomic E-state index is 0.0235. The Morgan fingerprint density at radius 3 is 2.25 bits per heavy atom. The van der Waals surface area contributed by atoms with Crippen molar-refractivity contribution in [2.45, 2.75) is 6.92 Å². The lowest BCUT2D eigenvalue weighted by Gasteiger charge is -2.01. The molecule has 0 unspecified atom stereocenters. The molecule has 0 bridgehead atoms. The van der Waals surface area contributed by atoms with Crippen molar-refractivity contribution < 1.29 is 9.21 Å². The van der Waals surface area contributed by atoms with Gasteiger partial charge in [0, 0.05) is 11.6 Å². The van der Waals surface area contributed by atoms with Crippen molar-refractivity contribution in [3.8, 4) is 28.7 Å². The number of nitrogens with zero attached hydrogens (tertiary/aromatic N) is 3. The van der Waals surface area contributed by atoms with Gasteiger partial charge in [-0.25, -0.2) is 0 Å². The van der Waals surface area contributed by atoms with Gasteiger partial charge in [0.1, 0.15) is 11.6 Å². The zero-order valence-corrected chi connectivity index (χ0v) is 12.9. The molecule has 0 saturated heterocycles. The molecule has 3 aromatic rings. The smallest absolute Gasteiger partial charge is 0.248 e. The number of hydrogen-bond acceptors (Lipinski definition) is 5. The minimum atomic E-state index is -0.343. The Labute approximate surface area is 138 Å². The number of Topliss-reactive ketones (excluding diaryl/α,β-unsaturated/α-hetero) is 1. The third kappa shape index (κ3) is 3.28. The van der Waals surface area contributed by atoms with Crippen molar-refractivity contribution in [3.05, 3.63) is 66.1 Å². The van der Waals surface area contributed by atoms with Crippen LogP contribution >= 0.6 is 0 Å². The molecule has 0 spiro atoms. The number of rotatable bonds is 4. The summed E-state index contributed by atoms with van der Waals surface area (Å²) in [7, 11) is 0. The first-order valence-electron chi connectivity index (χ1n) is 7.29. The molecule has 24 heavy (non-hydrogen) atoms. The predicted molar refractivity (Wildman–Crippen MR) is 89.4 cm³/mol. The second kappa shape index (κ2) is 6.71. The minimum Gasteiger partial charge on any atom is -0.417 e. The maximum absolute atomic E-state index is 11.2. The summed E-state index contributed by atoms with van der Waals surface area (Å²) in [5.41, 5.74) is 2.95. The fraction of sp³-hybridized carbons (Fsp3) is 0.0526. The van der Waals surface area contributed by atoms with Crippen molar-refractivity contribution in [3.63, 3.8) is 0 Å². The van der Waals surface area contributed by atoms with Gasteiger partial charge in [0.05, 0.1) is 0 Å². The summed E-state index contributed by atoms with van der Waals surface area (Å²) in [5.74, 6) is 0.120. The van der Waals surface area contributed by atoms with Crippen molar-refractivity contribution in [1.82, 2.24) is 10.2 Å². The number of allylic oxidation sites excluding steroid dienone is 1. The van der Waals surface area contributed by atoms with Crippen LogP contribution in [0.3, 0.4) is 0 Å². The number of nitriles is 1. The summed E-state index contributed by atoms with van der Waals surface area (Å²) >= 11 is 0. The van der Waals surface area contributed by atoms with Gasteiger partial charge < -0.3 is 4.42 Å². The molecule has 0 amide bonds. The molecular weight excluding hydrogens is 302 g/mol. The largest absolute Gasteiger partial charge is 0.417 e. The fourth-order valence-corrected chi connectivity index (χ4v) is 2.18. The van der Waals surface area contributed by atoms with Gasteiger partial charge in [0.15, 0.2) is 5.78 Å². The lowest BCUT2D eigenvalue weighted by Crippen LogP contribution is -1.92. The van der Waals surface area contributed by atoms with Crippen LogP contribution < -0.4 is 0 Å². The van der Waals surface area contributed by atoms with Crippen LogP contribution in [0.15, 0.2) is 64.6 Å². The summed E-state index contributed by atoms with van der Waals surface area (Å²) in [4.78, 5) is 11.2. The van der Waals surface area contributed by atoms with Crippen LogP contribution in [0.5, 0.6) is 0 Å². The average Bonchev–Trinajstić information content (AvgIpc) is 3.09. The summed E-state index contributed by atoms with van der Waals surface area (Å²) < 4.78 is 5.50. The number of carbonyl (C=O) groups is 1.